The number of hydrogen-bond acceptors (Lipinski definition) is 1. The smallest absolute Gasteiger partial charge is 0.161 e. The van der Waals surface area contributed by atoms with E-state index >= 15 is 0 Å². The highest BCUT2D eigenvalue weighted by Crippen LogP contribution is 2.12. The first kappa shape index (κ1) is 9.08. The third-order valence-corrected chi connectivity index (χ3v) is 1.60. The summed E-state index contributed by atoms with van der Waals surface area (Å²) in [7, 11) is 0. The molecule has 1 nitrogen and oxygen atoms in total. The van der Waals surface area contributed by atoms with Crippen molar-refractivity contribution in [2.45, 2.75) is 0 Å². The Hall–Kier alpha value is -1.01. The molecule has 3 heteroatoms. The summed E-state index contributed by atoms with van der Waals surface area (Å²) in [5.74, 6) is 4.92. The van der Waals surface area contributed by atoms with Crippen LogP contribution in [0.2, 0.25) is 0 Å². The number of nitrogen functional groups attached to an aromatic ring is 1. The van der Waals surface area contributed by atoms with E-state index in [9.17, 15) is 4.39 Å². The van der Waals surface area contributed by atoms with Crippen molar-refractivity contribution in [1.29, 1.82) is 0 Å². The van der Waals surface area contributed by atoms with Crippen molar-refractivity contribution in [3.05, 3.63) is 29.6 Å². The van der Waals surface area contributed by atoms with Crippen molar-refractivity contribution in [1.82, 2.24) is 0 Å². The van der Waals surface area contributed by atoms with Crippen LogP contribution in [0.15, 0.2) is 18.2 Å². The molecule has 62 valence electrons. The van der Waals surface area contributed by atoms with Gasteiger partial charge in [-0.25, -0.2) is 4.39 Å². The average molecular weight is 228 g/mol. The molecule has 0 saturated heterocycles. The Balaban J connectivity index is 3.08. The van der Waals surface area contributed by atoms with Gasteiger partial charge < -0.3 is 5.73 Å². The topological polar surface area (TPSA) is 26.0 Å². The molecule has 0 atom stereocenters. The van der Waals surface area contributed by atoms with Crippen LogP contribution in [0.25, 0.3) is 0 Å². The van der Waals surface area contributed by atoms with Crippen molar-refractivity contribution < 1.29 is 4.39 Å². The number of rotatable bonds is 0. The van der Waals surface area contributed by atoms with Crippen molar-refractivity contribution >= 4 is 21.6 Å². The van der Waals surface area contributed by atoms with Gasteiger partial charge in [-0.05, 0) is 12.1 Å². The SMILES string of the molecule is Nc1cccc(C#CCBr)c1F. The lowest BCUT2D eigenvalue weighted by atomic mass is 10.2. The van der Waals surface area contributed by atoms with Gasteiger partial charge in [-0.3, -0.25) is 0 Å². The first-order valence-electron chi connectivity index (χ1n) is 3.34. The van der Waals surface area contributed by atoms with E-state index < -0.39 is 5.82 Å². The average Bonchev–Trinajstić information content (AvgIpc) is 2.08. The second-order valence-electron chi connectivity index (χ2n) is 2.14. The standard InChI is InChI=1S/C9H7BrFN/c10-6-2-4-7-3-1-5-8(12)9(7)11/h1,3,5H,6,12H2. The minimum Gasteiger partial charge on any atom is -0.396 e. The highest BCUT2D eigenvalue weighted by Gasteiger charge is 2.00. The molecule has 0 bridgehead atoms. The maximum atomic E-state index is 13.1. The Bertz CT molecular complexity index is 338. The monoisotopic (exact) mass is 227 g/mol. The van der Waals surface area contributed by atoms with Gasteiger partial charge in [0.25, 0.3) is 0 Å². The third kappa shape index (κ3) is 1.99. The van der Waals surface area contributed by atoms with E-state index in [1.54, 1.807) is 12.1 Å². The van der Waals surface area contributed by atoms with E-state index in [2.05, 4.69) is 27.8 Å². The molecule has 0 fully saturated rings. The van der Waals surface area contributed by atoms with Gasteiger partial charge in [-0.15, -0.1) is 0 Å². The molecular weight excluding hydrogens is 221 g/mol. The molecular formula is C9H7BrFN. The Labute approximate surface area is 78.9 Å². The van der Waals surface area contributed by atoms with Gasteiger partial charge >= 0.3 is 0 Å². The number of hydrogen-bond donors (Lipinski definition) is 1. The summed E-state index contributed by atoms with van der Waals surface area (Å²) in [4.78, 5) is 0. The van der Waals surface area contributed by atoms with Gasteiger partial charge in [0.15, 0.2) is 5.82 Å². The molecule has 0 aliphatic heterocycles. The molecule has 0 radical (unpaired) electrons. The zero-order valence-electron chi connectivity index (χ0n) is 6.27. The minimum atomic E-state index is -0.439. The van der Waals surface area contributed by atoms with Crippen molar-refractivity contribution in [2.75, 3.05) is 11.1 Å². The van der Waals surface area contributed by atoms with Gasteiger partial charge in [-0.1, -0.05) is 33.8 Å². The molecule has 0 amide bonds. The molecule has 0 heterocycles. The van der Waals surface area contributed by atoms with Crippen LogP contribution in [0.3, 0.4) is 0 Å². The van der Waals surface area contributed by atoms with Crippen molar-refractivity contribution in [2.24, 2.45) is 0 Å². The normalized spacial score (nSPS) is 8.83. The second kappa shape index (κ2) is 4.13. The highest BCUT2D eigenvalue weighted by atomic mass is 79.9. The molecule has 0 aliphatic rings. The van der Waals surface area contributed by atoms with Crippen LogP contribution in [0.5, 0.6) is 0 Å². The van der Waals surface area contributed by atoms with E-state index in [1.165, 1.54) is 6.07 Å². The molecule has 2 N–H and O–H groups in total. The quantitative estimate of drug-likeness (QED) is 0.411. The Morgan fingerprint density at radius 3 is 2.92 bits per heavy atom. The third-order valence-electron chi connectivity index (χ3n) is 1.32. The fraction of sp³-hybridized carbons (Fsp3) is 0.111. The van der Waals surface area contributed by atoms with Gasteiger partial charge in [0.2, 0.25) is 0 Å². The Kier molecular flexibility index (Phi) is 3.12. The van der Waals surface area contributed by atoms with Crippen molar-refractivity contribution in [3.8, 4) is 11.8 Å². The van der Waals surface area contributed by atoms with Crippen LogP contribution in [-0.2, 0) is 0 Å². The summed E-state index contributed by atoms with van der Waals surface area (Å²) < 4.78 is 13.1. The second-order valence-corrected chi connectivity index (χ2v) is 2.70. The summed E-state index contributed by atoms with van der Waals surface area (Å²) in [6.07, 6.45) is 0. The fourth-order valence-corrected chi connectivity index (χ4v) is 0.915. The lowest BCUT2D eigenvalue weighted by Gasteiger charge is -1.96. The molecule has 0 spiro atoms. The van der Waals surface area contributed by atoms with Crippen LogP contribution in [0, 0.1) is 17.7 Å². The maximum Gasteiger partial charge on any atom is 0.161 e. The van der Waals surface area contributed by atoms with E-state index in [4.69, 9.17) is 5.73 Å². The van der Waals surface area contributed by atoms with Crippen molar-refractivity contribution in [3.63, 3.8) is 0 Å². The number of halogens is 2. The number of anilines is 1. The van der Waals surface area contributed by atoms with Gasteiger partial charge in [0.1, 0.15) is 0 Å². The van der Waals surface area contributed by atoms with Gasteiger partial charge in [-0.2, -0.15) is 0 Å². The predicted molar refractivity (Wildman–Crippen MR) is 51.5 cm³/mol. The van der Waals surface area contributed by atoms with Crippen LogP contribution in [0.4, 0.5) is 10.1 Å². The zero-order valence-corrected chi connectivity index (χ0v) is 7.86. The van der Waals surface area contributed by atoms with Crippen LogP contribution >= 0.6 is 15.9 Å². The van der Waals surface area contributed by atoms with Crippen LogP contribution in [-0.4, -0.2) is 5.33 Å². The van der Waals surface area contributed by atoms with E-state index in [0.29, 0.717) is 10.9 Å². The van der Waals surface area contributed by atoms with Gasteiger partial charge in [0, 0.05) is 0 Å². The molecule has 1 rings (SSSR count). The molecule has 1 aromatic rings. The number of alkyl halides is 1. The number of benzene rings is 1. The fourth-order valence-electron chi connectivity index (χ4n) is 0.775. The molecule has 0 aromatic heterocycles. The highest BCUT2D eigenvalue weighted by molar-refractivity contribution is 9.09. The van der Waals surface area contributed by atoms with Crippen LogP contribution in [0.1, 0.15) is 5.56 Å². The summed E-state index contributed by atoms with van der Waals surface area (Å²) in [6, 6.07) is 4.78. The minimum absolute atomic E-state index is 0.136. The summed E-state index contributed by atoms with van der Waals surface area (Å²) >= 11 is 3.12. The van der Waals surface area contributed by atoms with Gasteiger partial charge in [0.05, 0.1) is 16.6 Å². The molecule has 12 heavy (non-hydrogen) atoms. The molecule has 1 aromatic carbocycles. The molecule has 0 unspecified atom stereocenters. The summed E-state index contributed by atoms with van der Waals surface area (Å²) in [5, 5.41) is 0.529. The number of nitrogens with two attached hydrogens (primary N) is 1. The van der Waals surface area contributed by atoms with E-state index in [0.717, 1.165) is 0 Å². The largest absolute Gasteiger partial charge is 0.396 e. The van der Waals surface area contributed by atoms with E-state index in [-0.39, 0.29) is 5.69 Å². The first-order valence-corrected chi connectivity index (χ1v) is 4.46. The maximum absolute atomic E-state index is 13.1. The molecule has 0 aliphatic carbocycles. The summed E-state index contributed by atoms with van der Waals surface area (Å²) in [6.45, 7) is 0. The summed E-state index contributed by atoms with van der Waals surface area (Å²) in [5.41, 5.74) is 5.82. The lowest BCUT2D eigenvalue weighted by molar-refractivity contribution is 0.629. The Morgan fingerprint density at radius 1 is 1.50 bits per heavy atom. The zero-order chi connectivity index (χ0) is 8.97. The first-order chi connectivity index (χ1) is 5.75. The van der Waals surface area contributed by atoms with Crippen LogP contribution < -0.4 is 5.73 Å². The molecule has 0 saturated carbocycles. The Morgan fingerprint density at radius 2 is 2.25 bits per heavy atom. The predicted octanol–water partition coefficient (Wildman–Crippen LogP) is 2.15. The lowest BCUT2D eigenvalue weighted by Crippen LogP contribution is -1.92. The van der Waals surface area contributed by atoms with E-state index in [1.807, 2.05) is 0 Å².